The second-order valence-corrected chi connectivity index (χ2v) is 6.69. The first-order valence-electron chi connectivity index (χ1n) is 7.01. The molecule has 0 amide bonds. The van der Waals surface area contributed by atoms with Gasteiger partial charge in [-0.3, -0.25) is 0 Å². The van der Waals surface area contributed by atoms with Crippen molar-refractivity contribution in [2.75, 3.05) is 6.54 Å². The minimum Gasteiger partial charge on any atom is -0.310 e. The number of hydrogen-bond donors (Lipinski definition) is 1. The Morgan fingerprint density at radius 2 is 1.90 bits per heavy atom. The van der Waals surface area contributed by atoms with E-state index in [-0.39, 0.29) is 5.82 Å². The second-order valence-electron chi connectivity index (χ2n) is 4.85. The van der Waals surface area contributed by atoms with Crippen LogP contribution in [-0.2, 0) is 5.75 Å². The van der Waals surface area contributed by atoms with E-state index in [4.69, 9.17) is 0 Å². The third-order valence-electron chi connectivity index (χ3n) is 3.32. The van der Waals surface area contributed by atoms with Gasteiger partial charge in [0, 0.05) is 16.7 Å². The highest BCUT2D eigenvalue weighted by Gasteiger charge is 2.07. The molecule has 2 aromatic carbocycles. The maximum absolute atomic E-state index is 13.5. The van der Waals surface area contributed by atoms with Gasteiger partial charge in [-0.1, -0.05) is 31.2 Å². The molecule has 0 spiro atoms. The normalized spacial score (nSPS) is 12.4. The molecule has 2 aromatic rings. The molecule has 0 aromatic heterocycles. The molecule has 0 fully saturated rings. The van der Waals surface area contributed by atoms with Crippen molar-refractivity contribution < 1.29 is 4.39 Å². The summed E-state index contributed by atoms with van der Waals surface area (Å²) in [4.78, 5) is 1.19. The fourth-order valence-electron chi connectivity index (χ4n) is 2.10. The molecule has 1 nitrogen and oxygen atoms in total. The molecule has 0 heterocycles. The van der Waals surface area contributed by atoms with E-state index in [0.29, 0.717) is 10.5 Å². The van der Waals surface area contributed by atoms with Gasteiger partial charge in [0.05, 0.1) is 4.47 Å². The summed E-state index contributed by atoms with van der Waals surface area (Å²) in [5.74, 6) is 0.545. The van der Waals surface area contributed by atoms with Gasteiger partial charge >= 0.3 is 0 Å². The summed E-state index contributed by atoms with van der Waals surface area (Å²) in [5, 5.41) is 3.40. The molecule has 1 atom stereocenters. The molecule has 2 rings (SSSR count). The van der Waals surface area contributed by atoms with Crippen LogP contribution in [-0.4, -0.2) is 6.54 Å². The summed E-state index contributed by atoms with van der Waals surface area (Å²) in [7, 11) is 0. The van der Waals surface area contributed by atoms with Crippen LogP contribution >= 0.6 is 27.7 Å². The molecule has 0 aliphatic carbocycles. The lowest BCUT2D eigenvalue weighted by Gasteiger charge is -2.13. The Labute approximate surface area is 138 Å². The van der Waals surface area contributed by atoms with E-state index in [1.807, 2.05) is 6.07 Å². The summed E-state index contributed by atoms with van der Waals surface area (Å²) in [6, 6.07) is 14.1. The van der Waals surface area contributed by atoms with Gasteiger partial charge in [-0.15, -0.1) is 11.8 Å². The zero-order chi connectivity index (χ0) is 15.2. The highest BCUT2D eigenvalue weighted by Crippen LogP contribution is 2.29. The number of halogens is 2. The third kappa shape index (κ3) is 4.56. The highest BCUT2D eigenvalue weighted by atomic mass is 79.9. The van der Waals surface area contributed by atoms with E-state index in [1.165, 1.54) is 16.5 Å². The van der Waals surface area contributed by atoms with Crippen molar-refractivity contribution in [2.24, 2.45) is 0 Å². The Morgan fingerprint density at radius 3 is 2.57 bits per heavy atom. The minimum atomic E-state index is -0.206. The van der Waals surface area contributed by atoms with Crippen LogP contribution in [0, 0.1) is 5.82 Å². The Kier molecular flexibility index (Phi) is 6.27. The lowest BCUT2D eigenvalue weighted by Crippen LogP contribution is -2.17. The average Bonchev–Trinajstić information content (AvgIpc) is 2.49. The Bertz CT molecular complexity index is 586. The summed E-state index contributed by atoms with van der Waals surface area (Å²) >= 11 is 5.02. The van der Waals surface area contributed by atoms with Crippen molar-refractivity contribution in [3.63, 3.8) is 0 Å². The lowest BCUT2D eigenvalue weighted by atomic mass is 10.1. The Balaban J connectivity index is 1.99. The third-order valence-corrected chi connectivity index (χ3v) is 5.27. The first kappa shape index (κ1) is 16.5. The van der Waals surface area contributed by atoms with Crippen molar-refractivity contribution in [2.45, 2.75) is 30.5 Å². The summed E-state index contributed by atoms with van der Waals surface area (Å²) in [5.41, 5.74) is 2.26. The smallest absolute Gasteiger partial charge is 0.137 e. The van der Waals surface area contributed by atoms with Crippen LogP contribution in [0.15, 0.2) is 51.8 Å². The maximum Gasteiger partial charge on any atom is 0.137 e. The molecule has 0 saturated carbocycles. The van der Waals surface area contributed by atoms with E-state index in [9.17, 15) is 4.39 Å². The molecule has 1 unspecified atom stereocenters. The number of rotatable bonds is 6. The first-order chi connectivity index (χ1) is 10.1. The molecule has 4 heteroatoms. The van der Waals surface area contributed by atoms with Gasteiger partial charge in [0.2, 0.25) is 0 Å². The number of hydrogen-bond acceptors (Lipinski definition) is 2. The molecule has 112 valence electrons. The van der Waals surface area contributed by atoms with Crippen LogP contribution in [0.5, 0.6) is 0 Å². The molecule has 0 bridgehead atoms. The SMILES string of the molecule is CCNC(C)c1ccc(SCc2cccc(F)c2Br)cc1. The predicted octanol–water partition coefficient (Wildman–Crippen LogP) is 5.55. The van der Waals surface area contributed by atoms with Gasteiger partial charge < -0.3 is 5.32 Å². The Hall–Kier alpha value is -0.840. The summed E-state index contributed by atoms with van der Waals surface area (Å²) in [6.45, 7) is 5.23. The lowest BCUT2D eigenvalue weighted by molar-refractivity contribution is 0.598. The largest absolute Gasteiger partial charge is 0.310 e. The van der Waals surface area contributed by atoms with Crippen molar-refractivity contribution >= 4 is 27.7 Å². The molecule has 1 N–H and O–H groups in total. The van der Waals surface area contributed by atoms with Gasteiger partial charge in [0.25, 0.3) is 0 Å². The van der Waals surface area contributed by atoms with Gasteiger partial charge in [-0.2, -0.15) is 0 Å². The summed E-state index contributed by atoms with van der Waals surface area (Å²) < 4.78 is 14.0. The van der Waals surface area contributed by atoms with Crippen molar-refractivity contribution in [1.82, 2.24) is 5.32 Å². The van der Waals surface area contributed by atoms with Gasteiger partial charge in [-0.25, -0.2) is 4.39 Å². The topological polar surface area (TPSA) is 12.0 Å². The van der Waals surface area contributed by atoms with Crippen molar-refractivity contribution in [3.05, 3.63) is 63.9 Å². The van der Waals surface area contributed by atoms with Gasteiger partial charge in [-0.05, 0) is 58.7 Å². The summed E-state index contributed by atoms with van der Waals surface area (Å²) in [6.07, 6.45) is 0. The predicted molar refractivity (Wildman–Crippen MR) is 92.2 cm³/mol. The molecule has 0 aliphatic heterocycles. The van der Waals surface area contributed by atoms with Crippen LogP contribution in [0.25, 0.3) is 0 Å². The van der Waals surface area contributed by atoms with E-state index in [2.05, 4.69) is 59.4 Å². The van der Waals surface area contributed by atoms with E-state index >= 15 is 0 Å². The van der Waals surface area contributed by atoms with E-state index < -0.39 is 0 Å². The van der Waals surface area contributed by atoms with Crippen LogP contribution < -0.4 is 5.32 Å². The van der Waals surface area contributed by atoms with Crippen LogP contribution in [0.4, 0.5) is 4.39 Å². The number of nitrogens with one attached hydrogen (secondary N) is 1. The fraction of sp³-hybridized carbons (Fsp3) is 0.294. The van der Waals surface area contributed by atoms with Gasteiger partial charge in [0.15, 0.2) is 0 Å². The standard InChI is InChI=1S/C17H19BrFNS/c1-3-20-12(2)13-7-9-15(10-8-13)21-11-14-5-4-6-16(19)17(14)18/h4-10,12,20H,3,11H2,1-2H3. The number of thioether (sulfide) groups is 1. The number of benzene rings is 2. The van der Waals surface area contributed by atoms with Crippen LogP contribution in [0.1, 0.15) is 31.0 Å². The van der Waals surface area contributed by atoms with Crippen LogP contribution in [0.3, 0.4) is 0 Å². The molecule has 0 radical (unpaired) electrons. The zero-order valence-corrected chi connectivity index (χ0v) is 14.6. The van der Waals surface area contributed by atoms with E-state index in [0.717, 1.165) is 17.9 Å². The van der Waals surface area contributed by atoms with Gasteiger partial charge in [0.1, 0.15) is 5.82 Å². The zero-order valence-electron chi connectivity index (χ0n) is 12.2. The van der Waals surface area contributed by atoms with Crippen molar-refractivity contribution in [3.8, 4) is 0 Å². The molecule has 0 aliphatic rings. The average molecular weight is 368 g/mol. The van der Waals surface area contributed by atoms with E-state index in [1.54, 1.807) is 17.8 Å². The molecule has 0 saturated heterocycles. The second kappa shape index (κ2) is 7.97. The fourth-order valence-corrected chi connectivity index (χ4v) is 3.58. The van der Waals surface area contributed by atoms with Crippen molar-refractivity contribution in [1.29, 1.82) is 0 Å². The molecular formula is C17H19BrFNS. The minimum absolute atomic E-state index is 0.206. The maximum atomic E-state index is 13.5. The first-order valence-corrected chi connectivity index (χ1v) is 8.78. The molecule has 21 heavy (non-hydrogen) atoms. The monoisotopic (exact) mass is 367 g/mol. The molecular weight excluding hydrogens is 349 g/mol. The highest BCUT2D eigenvalue weighted by molar-refractivity contribution is 9.10. The quantitative estimate of drug-likeness (QED) is 0.671. The van der Waals surface area contributed by atoms with Crippen LogP contribution in [0.2, 0.25) is 0 Å². The Morgan fingerprint density at radius 1 is 1.19 bits per heavy atom.